The maximum Gasteiger partial charge on any atom is 0.264 e. The van der Waals surface area contributed by atoms with E-state index in [2.05, 4.69) is 5.32 Å². The highest BCUT2D eigenvalue weighted by molar-refractivity contribution is 7.92. The Bertz CT molecular complexity index is 1220. The smallest absolute Gasteiger partial charge is 0.264 e. The van der Waals surface area contributed by atoms with Crippen molar-refractivity contribution in [3.63, 3.8) is 0 Å². The Hall–Kier alpha value is -3.32. The Balaban J connectivity index is 1.60. The van der Waals surface area contributed by atoms with Crippen LogP contribution in [0.3, 0.4) is 0 Å². The van der Waals surface area contributed by atoms with E-state index in [0.717, 1.165) is 24.0 Å². The molecule has 0 saturated carbocycles. The second-order valence-electron chi connectivity index (χ2n) is 7.75. The lowest BCUT2D eigenvalue weighted by molar-refractivity contribution is 0.102. The number of aryl methyl sites for hydroxylation is 2. The Kier molecular flexibility index (Phi) is 6.19. The van der Waals surface area contributed by atoms with Gasteiger partial charge >= 0.3 is 0 Å². The minimum absolute atomic E-state index is 0.264. The molecule has 0 aromatic heterocycles. The Morgan fingerprint density at radius 2 is 1.75 bits per heavy atom. The average Bonchev–Trinajstić information content (AvgIpc) is 2.79. The van der Waals surface area contributed by atoms with Gasteiger partial charge in [0.15, 0.2) is 0 Å². The largest absolute Gasteiger partial charge is 0.494 e. The molecule has 0 unspecified atom stereocenters. The molecule has 1 amide bonds. The van der Waals surface area contributed by atoms with Crippen LogP contribution in [0.25, 0.3) is 0 Å². The van der Waals surface area contributed by atoms with Crippen LogP contribution in [0, 0.1) is 6.92 Å². The van der Waals surface area contributed by atoms with Gasteiger partial charge < -0.3 is 10.1 Å². The van der Waals surface area contributed by atoms with Crippen molar-refractivity contribution in [1.82, 2.24) is 0 Å². The molecule has 0 aliphatic carbocycles. The number of rotatable bonds is 6. The van der Waals surface area contributed by atoms with E-state index in [1.54, 1.807) is 54.6 Å². The van der Waals surface area contributed by atoms with Crippen molar-refractivity contribution >= 4 is 27.3 Å². The zero-order chi connectivity index (χ0) is 22.7. The monoisotopic (exact) mass is 450 g/mol. The number of hydrogen-bond donors (Lipinski definition) is 1. The van der Waals surface area contributed by atoms with E-state index >= 15 is 0 Å². The summed E-state index contributed by atoms with van der Waals surface area (Å²) in [5, 5.41) is 2.88. The molecule has 0 radical (unpaired) electrons. The lowest BCUT2D eigenvalue weighted by Crippen LogP contribution is -2.35. The van der Waals surface area contributed by atoms with Crippen molar-refractivity contribution in [2.45, 2.75) is 31.6 Å². The van der Waals surface area contributed by atoms with E-state index in [1.165, 1.54) is 4.31 Å². The first-order chi connectivity index (χ1) is 15.4. The second-order valence-corrected chi connectivity index (χ2v) is 9.61. The van der Waals surface area contributed by atoms with Gasteiger partial charge in [-0.05, 0) is 80.8 Å². The number of carbonyl (C=O) groups is 1. The molecule has 1 heterocycles. The highest BCUT2D eigenvalue weighted by Gasteiger charge is 2.29. The molecule has 3 aromatic rings. The van der Waals surface area contributed by atoms with Crippen molar-refractivity contribution < 1.29 is 17.9 Å². The van der Waals surface area contributed by atoms with Gasteiger partial charge in [-0.3, -0.25) is 9.10 Å². The Morgan fingerprint density at radius 1 is 1.03 bits per heavy atom. The summed E-state index contributed by atoms with van der Waals surface area (Å²) in [4.78, 5) is 13.0. The molecule has 4 rings (SSSR count). The minimum Gasteiger partial charge on any atom is -0.494 e. The first kappa shape index (κ1) is 21.9. The number of carbonyl (C=O) groups excluding carboxylic acids is 1. The lowest BCUT2D eigenvalue weighted by Gasteiger charge is -2.31. The van der Waals surface area contributed by atoms with E-state index in [1.807, 2.05) is 26.0 Å². The zero-order valence-corrected chi connectivity index (χ0v) is 19.0. The van der Waals surface area contributed by atoms with Crippen LogP contribution in [-0.2, 0) is 16.4 Å². The van der Waals surface area contributed by atoms with Crippen molar-refractivity contribution in [1.29, 1.82) is 0 Å². The molecular weight excluding hydrogens is 424 g/mol. The molecule has 7 heteroatoms. The van der Waals surface area contributed by atoms with Gasteiger partial charge in [0.2, 0.25) is 0 Å². The zero-order valence-electron chi connectivity index (χ0n) is 18.2. The highest BCUT2D eigenvalue weighted by atomic mass is 32.2. The summed E-state index contributed by atoms with van der Waals surface area (Å²) in [7, 11) is -3.69. The molecule has 6 nitrogen and oxygen atoms in total. The molecular formula is C25H26N2O4S. The fourth-order valence-corrected chi connectivity index (χ4v) is 5.31. The van der Waals surface area contributed by atoms with Crippen LogP contribution in [0.5, 0.6) is 5.75 Å². The predicted octanol–water partition coefficient (Wildman–Crippen LogP) is 4.79. The number of ether oxygens (including phenoxy) is 1. The van der Waals surface area contributed by atoms with Gasteiger partial charge in [-0.1, -0.05) is 23.8 Å². The molecule has 32 heavy (non-hydrogen) atoms. The topological polar surface area (TPSA) is 75.7 Å². The number of sulfonamides is 1. The molecule has 166 valence electrons. The fraction of sp³-hybridized carbons (Fsp3) is 0.240. The summed E-state index contributed by atoms with van der Waals surface area (Å²) < 4.78 is 33.5. The van der Waals surface area contributed by atoms with Gasteiger partial charge in [-0.2, -0.15) is 0 Å². The van der Waals surface area contributed by atoms with Gasteiger partial charge in [-0.25, -0.2) is 8.42 Å². The Morgan fingerprint density at radius 3 is 2.44 bits per heavy atom. The van der Waals surface area contributed by atoms with E-state index < -0.39 is 10.0 Å². The van der Waals surface area contributed by atoms with Crippen molar-refractivity contribution in [3.8, 4) is 5.75 Å². The van der Waals surface area contributed by atoms with Crippen LogP contribution in [-0.4, -0.2) is 27.5 Å². The van der Waals surface area contributed by atoms with Gasteiger partial charge in [0.05, 0.1) is 17.2 Å². The summed E-state index contributed by atoms with van der Waals surface area (Å²) in [5.74, 6) is 0.437. The molecule has 1 N–H and O–H groups in total. The third kappa shape index (κ3) is 4.48. The van der Waals surface area contributed by atoms with Crippen LogP contribution >= 0.6 is 0 Å². The third-order valence-corrected chi connectivity index (χ3v) is 7.28. The average molecular weight is 451 g/mol. The van der Waals surface area contributed by atoms with Crippen LogP contribution < -0.4 is 14.4 Å². The number of fused-ring (bicyclic) bond motifs is 1. The van der Waals surface area contributed by atoms with Crippen molar-refractivity contribution in [3.05, 3.63) is 83.4 Å². The molecule has 0 fully saturated rings. The van der Waals surface area contributed by atoms with E-state index in [9.17, 15) is 13.2 Å². The van der Waals surface area contributed by atoms with Gasteiger partial charge in [0.1, 0.15) is 5.75 Å². The van der Waals surface area contributed by atoms with Crippen LogP contribution in [0.1, 0.15) is 34.8 Å². The predicted molar refractivity (Wildman–Crippen MR) is 126 cm³/mol. The normalized spacial score (nSPS) is 13.4. The number of hydrogen-bond acceptors (Lipinski definition) is 4. The quantitative estimate of drug-likeness (QED) is 0.586. The number of anilines is 2. The maximum absolute atomic E-state index is 13.3. The number of amides is 1. The van der Waals surface area contributed by atoms with Gasteiger partial charge in [0, 0.05) is 17.8 Å². The van der Waals surface area contributed by atoms with E-state index in [0.29, 0.717) is 35.8 Å². The number of nitrogens with zero attached hydrogens (tertiary/aromatic N) is 1. The number of nitrogens with one attached hydrogen (secondary N) is 1. The first-order valence-corrected chi connectivity index (χ1v) is 12.1. The second kappa shape index (κ2) is 9.04. The molecule has 0 spiro atoms. The minimum atomic E-state index is -3.69. The SMILES string of the molecule is CCOc1ccc(C(=O)Nc2ccc3c(c2)N(S(=O)(=O)c2ccc(C)cc2)CCC3)cc1. The fourth-order valence-electron chi connectivity index (χ4n) is 3.78. The Labute approximate surface area is 188 Å². The highest BCUT2D eigenvalue weighted by Crippen LogP contribution is 2.34. The van der Waals surface area contributed by atoms with E-state index in [4.69, 9.17) is 4.74 Å². The molecule has 3 aromatic carbocycles. The third-order valence-electron chi connectivity index (χ3n) is 5.46. The summed E-state index contributed by atoms with van der Waals surface area (Å²) >= 11 is 0. The molecule has 0 atom stereocenters. The van der Waals surface area contributed by atoms with Crippen molar-refractivity contribution in [2.24, 2.45) is 0 Å². The number of benzene rings is 3. The molecule has 0 bridgehead atoms. The van der Waals surface area contributed by atoms with Gasteiger partial charge in [-0.15, -0.1) is 0 Å². The molecule has 0 saturated heterocycles. The van der Waals surface area contributed by atoms with Crippen LogP contribution in [0.15, 0.2) is 71.6 Å². The lowest BCUT2D eigenvalue weighted by atomic mass is 10.0. The molecule has 1 aliphatic rings. The summed E-state index contributed by atoms with van der Waals surface area (Å²) in [6.45, 7) is 4.78. The van der Waals surface area contributed by atoms with Crippen molar-refractivity contribution in [2.75, 3.05) is 22.8 Å². The standard InChI is InChI=1S/C25H26N2O4S/c1-3-31-22-12-9-20(10-13-22)25(28)26-21-11-8-19-5-4-16-27(24(19)17-21)32(29,30)23-14-6-18(2)7-15-23/h6-15,17H,3-5,16H2,1-2H3,(H,26,28). The maximum atomic E-state index is 13.3. The van der Waals surface area contributed by atoms with E-state index in [-0.39, 0.29) is 10.8 Å². The summed E-state index contributed by atoms with van der Waals surface area (Å²) in [5.41, 5.74) is 3.61. The molecule has 1 aliphatic heterocycles. The summed E-state index contributed by atoms with van der Waals surface area (Å²) in [6.07, 6.45) is 1.54. The summed E-state index contributed by atoms with van der Waals surface area (Å²) in [6, 6.07) is 19.2. The van der Waals surface area contributed by atoms with Crippen LogP contribution in [0.4, 0.5) is 11.4 Å². The first-order valence-electron chi connectivity index (χ1n) is 10.6. The van der Waals surface area contributed by atoms with Crippen LogP contribution in [0.2, 0.25) is 0 Å². The van der Waals surface area contributed by atoms with Gasteiger partial charge in [0.25, 0.3) is 15.9 Å².